The van der Waals surface area contributed by atoms with Gasteiger partial charge in [0.25, 0.3) is 5.95 Å². The van der Waals surface area contributed by atoms with Gasteiger partial charge in [0, 0.05) is 17.8 Å². The summed E-state index contributed by atoms with van der Waals surface area (Å²) in [5, 5.41) is 29.7. The number of nitrogen functional groups attached to an aromatic ring is 1. The molecule has 5 rings (SSSR count). The number of anilines is 2. The predicted octanol–water partition coefficient (Wildman–Crippen LogP) is 4.43. The number of benzene rings is 2. The van der Waals surface area contributed by atoms with Crippen molar-refractivity contribution in [1.29, 1.82) is 0 Å². The van der Waals surface area contributed by atoms with Gasteiger partial charge in [-0.15, -0.1) is 10.2 Å². The number of phenols is 2. The van der Waals surface area contributed by atoms with Gasteiger partial charge in [-0.25, -0.2) is 0 Å². The Hall–Kier alpha value is -5.19. The van der Waals surface area contributed by atoms with Crippen molar-refractivity contribution in [2.45, 2.75) is 13.1 Å². The van der Waals surface area contributed by atoms with E-state index in [1.807, 2.05) is 41.3 Å². The lowest BCUT2D eigenvalue weighted by molar-refractivity contribution is 0.474. The van der Waals surface area contributed by atoms with Crippen molar-refractivity contribution < 1.29 is 10.2 Å². The minimum absolute atomic E-state index is 0.0280. The second-order valence-corrected chi connectivity index (χ2v) is 7.83. The van der Waals surface area contributed by atoms with Crippen LogP contribution in [-0.4, -0.2) is 35.1 Å². The predicted molar refractivity (Wildman–Crippen MR) is 134 cm³/mol. The van der Waals surface area contributed by atoms with Crippen LogP contribution < -0.4 is 10.6 Å². The molecule has 0 saturated heterocycles. The molecule has 0 amide bonds. The van der Waals surface area contributed by atoms with E-state index in [0.717, 1.165) is 11.4 Å². The number of nitrogens with zero attached hydrogens (tertiary/aromatic N) is 8. The van der Waals surface area contributed by atoms with E-state index < -0.39 is 0 Å². The van der Waals surface area contributed by atoms with Gasteiger partial charge in [0.1, 0.15) is 17.2 Å². The summed E-state index contributed by atoms with van der Waals surface area (Å²) in [6, 6.07) is 19.2. The summed E-state index contributed by atoms with van der Waals surface area (Å²) in [4.78, 5) is 23.5. The van der Waals surface area contributed by atoms with Gasteiger partial charge < -0.3 is 20.8 Å². The maximum absolute atomic E-state index is 10.4. The third-order valence-corrected chi connectivity index (χ3v) is 5.26. The van der Waals surface area contributed by atoms with Crippen LogP contribution in [-0.2, 0) is 13.1 Å². The molecule has 4 N–H and O–H groups in total. The molecule has 0 atom stereocenters. The van der Waals surface area contributed by atoms with E-state index in [1.54, 1.807) is 30.6 Å². The molecule has 11 heteroatoms. The fourth-order valence-corrected chi connectivity index (χ4v) is 3.62. The number of fused-ring (bicyclic) bond motifs is 1. The lowest BCUT2D eigenvalue weighted by Crippen LogP contribution is -2.25. The van der Waals surface area contributed by atoms with Crippen LogP contribution in [0.25, 0.3) is 10.8 Å². The lowest BCUT2D eigenvalue weighted by Gasteiger charge is -2.22. The van der Waals surface area contributed by atoms with Crippen molar-refractivity contribution in [2.75, 3.05) is 10.6 Å². The van der Waals surface area contributed by atoms with E-state index in [-0.39, 0.29) is 35.0 Å². The fourth-order valence-electron chi connectivity index (χ4n) is 3.62. The smallest absolute Gasteiger partial charge is 0.275 e. The highest BCUT2D eigenvalue weighted by Gasteiger charge is 2.16. The first-order valence-corrected chi connectivity index (χ1v) is 11.0. The molecule has 3 heterocycles. The number of pyridine rings is 2. The van der Waals surface area contributed by atoms with Crippen LogP contribution in [0, 0.1) is 0 Å². The van der Waals surface area contributed by atoms with Crippen molar-refractivity contribution in [3.05, 3.63) is 90.5 Å². The molecule has 0 spiro atoms. The molecule has 0 unspecified atom stereocenters. The third-order valence-electron chi connectivity index (χ3n) is 5.26. The second kappa shape index (κ2) is 9.97. The Kier molecular flexibility index (Phi) is 6.26. The molecule has 0 fully saturated rings. The normalized spacial score (nSPS) is 11.2. The van der Waals surface area contributed by atoms with Gasteiger partial charge in [0.15, 0.2) is 0 Å². The zero-order valence-electron chi connectivity index (χ0n) is 19.0. The topological polar surface area (TPSA) is 159 Å². The molecule has 11 nitrogen and oxygen atoms in total. The van der Waals surface area contributed by atoms with E-state index in [0.29, 0.717) is 23.9 Å². The van der Waals surface area contributed by atoms with Crippen molar-refractivity contribution >= 4 is 34.3 Å². The van der Waals surface area contributed by atoms with Crippen LogP contribution in [0.2, 0.25) is 0 Å². The number of hydrogen-bond donors (Lipinski definition) is 3. The second-order valence-electron chi connectivity index (χ2n) is 7.83. The van der Waals surface area contributed by atoms with E-state index in [2.05, 4.69) is 35.1 Å². The van der Waals surface area contributed by atoms with Crippen LogP contribution in [0.1, 0.15) is 11.4 Å². The van der Waals surface area contributed by atoms with Gasteiger partial charge in [-0.3, -0.25) is 9.97 Å². The summed E-state index contributed by atoms with van der Waals surface area (Å²) < 4.78 is 0. The van der Waals surface area contributed by atoms with Crippen molar-refractivity contribution in [1.82, 2.24) is 24.9 Å². The van der Waals surface area contributed by atoms with Crippen molar-refractivity contribution in [3.63, 3.8) is 0 Å². The minimum atomic E-state index is -0.0777. The summed E-state index contributed by atoms with van der Waals surface area (Å²) >= 11 is 0. The monoisotopic (exact) mass is 479 g/mol. The highest BCUT2D eigenvalue weighted by molar-refractivity contribution is 5.95. The zero-order valence-corrected chi connectivity index (χ0v) is 19.0. The Morgan fingerprint density at radius 2 is 1.50 bits per heavy atom. The van der Waals surface area contributed by atoms with Gasteiger partial charge in [-0.05, 0) is 53.9 Å². The average molecular weight is 480 g/mol. The van der Waals surface area contributed by atoms with Crippen LogP contribution in [0.15, 0.2) is 89.4 Å². The number of phenolic OH excluding ortho intramolecular Hbond substituents is 2. The van der Waals surface area contributed by atoms with Gasteiger partial charge in [0.2, 0.25) is 11.9 Å². The molecule has 0 aliphatic rings. The van der Waals surface area contributed by atoms with E-state index in [1.165, 1.54) is 12.1 Å². The standard InChI is InChI=1S/C25H21N9O2/c26-23-29-24(33-32-22-20-9-8-19(35)13-16(20)7-10-21(22)36)31-25(30-23)34(14-17-5-1-3-11-27-17)15-18-6-2-4-12-28-18/h1-13,35-36H,14-15H2,(H2,26,29,30,31). The molecule has 0 saturated carbocycles. The highest BCUT2D eigenvalue weighted by Crippen LogP contribution is 2.37. The maximum atomic E-state index is 10.4. The van der Waals surface area contributed by atoms with Gasteiger partial charge in [-0.1, -0.05) is 18.2 Å². The third kappa shape index (κ3) is 5.14. The largest absolute Gasteiger partial charge is 0.508 e. The lowest BCUT2D eigenvalue weighted by atomic mass is 10.1. The molecular formula is C25H21N9O2. The van der Waals surface area contributed by atoms with Gasteiger partial charge in [0.05, 0.1) is 24.5 Å². The summed E-state index contributed by atoms with van der Waals surface area (Å²) in [7, 11) is 0. The van der Waals surface area contributed by atoms with Crippen LogP contribution >= 0.6 is 0 Å². The summed E-state index contributed by atoms with van der Waals surface area (Å²) in [6.07, 6.45) is 3.43. The molecule has 5 aromatic rings. The molecule has 0 aliphatic heterocycles. The number of nitrogens with two attached hydrogens (primary N) is 1. The quantitative estimate of drug-likeness (QED) is 0.287. The zero-order chi connectivity index (χ0) is 24.9. The SMILES string of the molecule is Nc1nc(N=Nc2c(O)ccc3cc(O)ccc23)nc(N(Cc2ccccn2)Cc2ccccn2)n1. The Balaban J connectivity index is 1.50. The van der Waals surface area contributed by atoms with Crippen LogP contribution in [0.4, 0.5) is 23.5 Å². The van der Waals surface area contributed by atoms with E-state index >= 15 is 0 Å². The molecule has 178 valence electrons. The van der Waals surface area contributed by atoms with E-state index in [4.69, 9.17) is 5.73 Å². The molecule has 0 bridgehead atoms. The Bertz CT molecular complexity index is 1490. The summed E-state index contributed by atoms with van der Waals surface area (Å²) in [6.45, 7) is 0.788. The molecule has 36 heavy (non-hydrogen) atoms. The first kappa shape index (κ1) is 22.6. The van der Waals surface area contributed by atoms with Gasteiger partial charge >= 0.3 is 0 Å². The van der Waals surface area contributed by atoms with Crippen LogP contribution in [0.3, 0.4) is 0 Å². The summed E-state index contributed by atoms with van der Waals surface area (Å²) in [5.74, 6) is 0.241. The highest BCUT2D eigenvalue weighted by atomic mass is 16.3. The molecular weight excluding hydrogens is 458 g/mol. The number of aromatic hydroxyl groups is 2. The maximum Gasteiger partial charge on any atom is 0.275 e. The van der Waals surface area contributed by atoms with Crippen molar-refractivity contribution in [2.24, 2.45) is 10.2 Å². The Morgan fingerprint density at radius 1 is 0.778 bits per heavy atom. The van der Waals surface area contributed by atoms with E-state index in [9.17, 15) is 10.2 Å². The Morgan fingerprint density at radius 3 is 2.17 bits per heavy atom. The molecule has 0 aliphatic carbocycles. The number of rotatable bonds is 7. The van der Waals surface area contributed by atoms with Crippen molar-refractivity contribution in [3.8, 4) is 11.5 Å². The number of hydrogen-bond acceptors (Lipinski definition) is 11. The van der Waals surface area contributed by atoms with Gasteiger partial charge in [-0.2, -0.15) is 15.0 Å². The first-order valence-electron chi connectivity index (χ1n) is 11.0. The first-order chi connectivity index (χ1) is 17.5. The fraction of sp³-hybridized carbons (Fsp3) is 0.0800. The van der Waals surface area contributed by atoms with Crippen LogP contribution in [0.5, 0.6) is 11.5 Å². The number of aromatic nitrogens is 5. The molecule has 0 radical (unpaired) electrons. The minimum Gasteiger partial charge on any atom is -0.508 e. The summed E-state index contributed by atoms with van der Waals surface area (Å²) in [5.41, 5.74) is 7.82. The molecule has 2 aromatic carbocycles. The average Bonchev–Trinajstić information content (AvgIpc) is 2.89. The number of azo groups is 1. The molecule has 3 aromatic heterocycles. The Labute approximate surface area is 205 Å².